The van der Waals surface area contributed by atoms with Crippen LogP contribution in [0.15, 0.2) is 35.5 Å². The Morgan fingerprint density at radius 3 is 2.57 bits per heavy atom. The summed E-state index contributed by atoms with van der Waals surface area (Å²) in [5, 5.41) is 4.46. The molecule has 0 saturated heterocycles. The lowest BCUT2D eigenvalue weighted by Crippen LogP contribution is -2.30. The van der Waals surface area contributed by atoms with Crippen molar-refractivity contribution in [3.63, 3.8) is 0 Å². The predicted molar refractivity (Wildman–Crippen MR) is 93.2 cm³/mol. The molecule has 0 fully saturated rings. The van der Waals surface area contributed by atoms with Crippen LogP contribution in [0.3, 0.4) is 0 Å². The topological polar surface area (TPSA) is 54.4 Å². The lowest BCUT2D eigenvalue weighted by Gasteiger charge is -2.06. The molecule has 7 heteroatoms. The van der Waals surface area contributed by atoms with Gasteiger partial charge in [-0.1, -0.05) is 34.8 Å². The fraction of sp³-hybridized carbons (Fsp3) is 0.188. The smallest absolute Gasteiger partial charge is 0.224 e. The van der Waals surface area contributed by atoms with Crippen molar-refractivity contribution >= 4 is 52.2 Å². The van der Waals surface area contributed by atoms with Crippen LogP contribution in [0.2, 0.25) is 15.1 Å². The van der Waals surface area contributed by atoms with Crippen molar-refractivity contribution in [2.75, 3.05) is 6.54 Å². The summed E-state index contributed by atoms with van der Waals surface area (Å²) in [4.78, 5) is 20.6. The van der Waals surface area contributed by atoms with E-state index in [1.54, 1.807) is 24.4 Å². The zero-order valence-corrected chi connectivity index (χ0v) is 14.2. The summed E-state index contributed by atoms with van der Waals surface area (Å²) in [6, 6.07) is 6.92. The minimum atomic E-state index is -0.118. The maximum Gasteiger partial charge on any atom is 0.224 e. The third kappa shape index (κ3) is 4.22. The molecule has 2 heterocycles. The van der Waals surface area contributed by atoms with Gasteiger partial charge in [-0.2, -0.15) is 0 Å². The van der Waals surface area contributed by atoms with E-state index in [-0.39, 0.29) is 12.3 Å². The zero-order chi connectivity index (χ0) is 16.4. The van der Waals surface area contributed by atoms with Crippen molar-refractivity contribution in [3.8, 4) is 0 Å². The third-order valence-corrected chi connectivity index (χ3v) is 3.99. The second-order valence-electron chi connectivity index (χ2n) is 5.22. The molecule has 0 aliphatic carbocycles. The van der Waals surface area contributed by atoms with Gasteiger partial charge in [-0.3, -0.25) is 4.79 Å². The molecular formula is C16H12Cl3N3O. The van der Waals surface area contributed by atoms with Crippen molar-refractivity contribution in [1.29, 1.82) is 0 Å². The number of aromatic nitrogens is 1. The van der Waals surface area contributed by atoms with Gasteiger partial charge in [0.2, 0.25) is 5.91 Å². The molecule has 1 amide bonds. The summed E-state index contributed by atoms with van der Waals surface area (Å²) in [6.45, 7) is 0.376. The van der Waals surface area contributed by atoms with E-state index < -0.39 is 0 Å². The molecule has 1 N–H and O–H groups in total. The first-order valence-electron chi connectivity index (χ1n) is 6.92. The first-order chi connectivity index (χ1) is 11.0. The largest absolute Gasteiger partial charge is 0.350 e. The number of hydrogen-bond acceptors (Lipinski definition) is 3. The summed E-state index contributed by atoms with van der Waals surface area (Å²) < 4.78 is 0. The number of fused-ring (bicyclic) bond motifs is 1. The summed E-state index contributed by atoms with van der Waals surface area (Å²) in [5.74, 6) is 0.549. The number of halogens is 3. The van der Waals surface area contributed by atoms with Gasteiger partial charge in [0.05, 0.1) is 18.0 Å². The van der Waals surface area contributed by atoms with Gasteiger partial charge < -0.3 is 5.32 Å². The van der Waals surface area contributed by atoms with Crippen molar-refractivity contribution in [2.45, 2.75) is 12.8 Å². The van der Waals surface area contributed by atoms with Crippen LogP contribution >= 0.6 is 34.8 Å². The average molecular weight is 369 g/mol. The summed E-state index contributed by atoms with van der Waals surface area (Å²) in [5.41, 5.74) is 2.60. The molecule has 4 nitrogen and oxygen atoms in total. The molecule has 0 atom stereocenters. The molecule has 2 aromatic rings. The molecular weight excluding hydrogens is 357 g/mol. The Kier molecular flexibility index (Phi) is 4.85. The molecule has 3 rings (SSSR count). The van der Waals surface area contributed by atoms with Crippen LogP contribution in [-0.2, 0) is 17.6 Å². The Balaban J connectivity index is 1.56. The minimum absolute atomic E-state index is 0.118. The molecule has 1 aromatic heterocycles. The molecule has 0 bridgehead atoms. The van der Waals surface area contributed by atoms with Crippen molar-refractivity contribution in [2.24, 2.45) is 4.99 Å². The van der Waals surface area contributed by atoms with E-state index in [1.807, 2.05) is 6.07 Å². The number of pyridine rings is 1. The number of nitrogens with one attached hydrogen (secondary N) is 1. The number of nitrogens with zero attached hydrogens (tertiary/aromatic N) is 2. The van der Waals surface area contributed by atoms with Crippen LogP contribution in [0.25, 0.3) is 0 Å². The van der Waals surface area contributed by atoms with Gasteiger partial charge in [-0.05, 0) is 29.8 Å². The number of rotatable bonds is 4. The monoisotopic (exact) mass is 367 g/mol. The standard InChI is InChI=1S/C16H12Cl3N3O/c17-11-1-9(2-12(18)6-11)3-15(23)20-8-14-5-10-4-13(19)7-21-16(10)22-14/h1-2,4,6-7H,3,5,8H2,(H,20,23). The molecule has 1 aliphatic heterocycles. The molecule has 0 saturated carbocycles. The van der Waals surface area contributed by atoms with E-state index in [0.29, 0.717) is 33.9 Å². The van der Waals surface area contributed by atoms with Gasteiger partial charge in [0.25, 0.3) is 0 Å². The Bertz CT molecular complexity index is 785. The zero-order valence-electron chi connectivity index (χ0n) is 11.9. The highest BCUT2D eigenvalue weighted by Crippen LogP contribution is 2.26. The Labute approximate surface area is 148 Å². The van der Waals surface area contributed by atoms with Gasteiger partial charge >= 0.3 is 0 Å². The fourth-order valence-corrected chi connectivity index (χ4v) is 3.13. The number of benzene rings is 1. The van der Waals surface area contributed by atoms with E-state index in [1.165, 1.54) is 0 Å². The van der Waals surface area contributed by atoms with Gasteiger partial charge in [-0.25, -0.2) is 9.98 Å². The number of aliphatic imine (C=N–C) groups is 1. The van der Waals surface area contributed by atoms with Crippen LogP contribution < -0.4 is 5.32 Å². The van der Waals surface area contributed by atoms with E-state index in [0.717, 1.165) is 16.8 Å². The molecule has 1 aromatic carbocycles. The molecule has 0 unspecified atom stereocenters. The first-order valence-corrected chi connectivity index (χ1v) is 8.05. The summed E-state index contributed by atoms with van der Waals surface area (Å²) in [7, 11) is 0. The van der Waals surface area contributed by atoms with E-state index in [2.05, 4.69) is 15.3 Å². The first kappa shape index (κ1) is 16.2. The Morgan fingerprint density at radius 1 is 1.09 bits per heavy atom. The molecule has 23 heavy (non-hydrogen) atoms. The SMILES string of the molecule is O=C(Cc1cc(Cl)cc(Cl)c1)NCC1=Nc2ncc(Cl)cc2C1. The van der Waals surface area contributed by atoms with Crippen molar-refractivity contribution < 1.29 is 4.79 Å². The fourth-order valence-electron chi connectivity index (χ4n) is 2.38. The lowest BCUT2D eigenvalue weighted by atomic mass is 10.1. The number of carbonyl (C=O) groups is 1. The molecule has 118 valence electrons. The highest BCUT2D eigenvalue weighted by atomic mass is 35.5. The Morgan fingerprint density at radius 2 is 1.83 bits per heavy atom. The summed E-state index contributed by atoms with van der Waals surface area (Å²) >= 11 is 17.8. The highest BCUT2D eigenvalue weighted by Gasteiger charge is 2.16. The number of hydrogen-bond donors (Lipinski definition) is 1. The molecule has 0 spiro atoms. The number of carbonyl (C=O) groups excluding carboxylic acids is 1. The minimum Gasteiger partial charge on any atom is -0.350 e. The van der Waals surface area contributed by atoms with Crippen LogP contribution in [0.1, 0.15) is 11.1 Å². The lowest BCUT2D eigenvalue weighted by molar-refractivity contribution is -0.120. The second-order valence-corrected chi connectivity index (χ2v) is 6.53. The van der Waals surface area contributed by atoms with Crippen molar-refractivity contribution in [3.05, 3.63) is 56.7 Å². The van der Waals surface area contributed by atoms with Gasteiger partial charge in [0.1, 0.15) is 0 Å². The molecule has 0 radical (unpaired) electrons. The third-order valence-electron chi connectivity index (χ3n) is 3.34. The average Bonchev–Trinajstić information content (AvgIpc) is 2.86. The molecule has 1 aliphatic rings. The predicted octanol–water partition coefficient (Wildman–Crippen LogP) is 4.03. The highest BCUT2D eigenvalue weighted by molar-refractivity contribution is 6.34. The number of amides is 1. The quantitative estimate of drug-likeness (QED) is 0.886. The van der Waals surface area contributed by atoms with E-state index in [9.17, 15) is 4.79 Å². The van der Waals surface area contributed by atoms with Crippen LogP contribution in [0, 0.1) is 0 Å². The van der Waals surface area contributed by atoms with Gasteiger partial charge in [0.15, 0.2) is 5.82 Å². The summed E-state index contributed by atoms with van der Waals surface area (Å²) in [6.07, 6.45) is 2.42. The second kappa shape index (κ2) is 6.87. The van der Waals surface area contributed by atoms with Crippen LogP contribution in [-0.4, -0.2) is 23.1 Å². The maximum absolute atomic E-state index is 12.0. The van der Waals surface area contributed by atoms with E-state index in [4.69, 9.17) is 34.8 Å². The van der Waals surface area contributed by atoms with Gasteiger partial charge in [-0.15, -0.1) is 0 Å². The van der Waals surface area contributed by atoms with Gasteiger partial charge in [0, 0.05) is 33.9 Å². The maximum atomic E-state index is 12.0. The van der Waals surface area contributed by atoms with Crippen molar-refractivity contribution in [1.82, 2.24) is 10.3 Å². The van der Waals surface area contributed by atoms with Crippen LogP contribution in [0.5, 0.6) is 0 Å². The normalized spacial score (nSPS) is 12.7. The Hall–Kier alpha value is -1.62. The van der Waals surface area contributed by atoms with Crippen LogP contribution in [0.4, 0.5) is 5.82 Å². The van der Waals surface area contributed by atoms with E-state index >= 15 is 0 Å².